The van der Waals surface area contributed by atoms with E-state index in [1.807, 2.05) is 24.3 Å². The third kappa shape index (κ3) is 3.70. The highest BCUT2D eigenvalue weighted by Crippen LogP contribution is 2.45. The molecule has 0 spiro atoms. The molecule has 3 heterocycles. The van der Waals surface area contributed by atoms with E-state index >= 15 is 0 Å². The number of unbranched alkanes of at least 4 members (excludes halogenated alkanes) is 4. The molecule has 35 heavy (non-hydrogen) atoms. The highest BCUT2D eigenvalue weighted by atomic mass is 16.2. The van der Waals surface area contributed by atoms with Crippen molar-refractivity contribution in [2.75, 3.05) is 18.0 Å². The molecule has 2 aliphatic heterocycles. The number of anilines is 1. The molecule has 2 aromatic carbocycles. The lowest BCUT2D eigenvalue weighted by molar-refractivity contribution is -0.125. The number of imide groups is 1. The summed E-state index contributed by atoms with van der Waals surface area (Å²) in [7, 11) is 0. The molecule has 2 aliphatic rings. The maximum absolute atomic E-state index is 14.0. The maximum atomic E-state index is 14.0. The first-order valence-electron chi connectivity index (χ1n) is 12.6. The molecular weight excluding hydrogens is 440 g/mol. The quantitative estimate of drug-likeness (QED) is 0.353. The molecule has 0 bridgehead atoms. The fraction of sp³-hybridized carbons (Fsp3) is 0.393. The first kappa shape index (κ1) is 23.1. The Bertz CT molecular complexity index is 1300. The first-order valence-corrected chi connectivity index (χ1v) is 12.6. The predicted molar refractivity (Wildman–Crippen MR) is 136 cm³/mol. The second kappa shape index (κ2) is 9.21. The lowest BCUT2D eigenvalue weighted by atomic mass is 9.87. The van der Waals surface area contributed by atoms with Gasteiger partial charge in [-0.15, -0.1) is 0 Å². The number of nitrogens with one attached hydrogen (secondary N) is 2. The molecule has 3 aromatic rings. The number of aromatic amines is 1. The average Bonchev–Trinajstić information content (AvgIpc) is 3.35. The van der Waals surface area contributed by atoms with Gasteiger partial charge in [0, 0.05) is 24.0 Å². The van der Waals surface area contributed by atoms with Crippen LogP contribution in [0, 0.1) is 0 Å². The molecule has 1 atom stereocenters. The van der Waals surface area contributed by atoms with Crippen molar-refractivity contribution in [3.63, 3.8) is 0 Å². The number of carbonyl (C=O) groups excluding carboxylic acids is 3. The second-order valence-corrected chi connectivity index (χ2v) is 9.61. The average molecular weight is 473 g/mol. The van der Waals surface area contributed by atoms with Gasteiger partial charge in [-0.25, -0.2) is 9.69 Å². The van der Waals surface area contributed by atoms with Crippen LogP contribution in [0.4, 0.5) is 10.5 Å². The van der Waals surface area contributed by atoms with Crippen molar-refractivity contribution in [3.05, 3.63) is 65.4 Å². The lowest BCUT2D eigenvalue weighted by Crippen LogP contribution is -2.49. The Morgan fingerprint density at radius 1 is 1.03 bits per heavy atom. The molecule has 1 unspecified atom stereocenters. The highest BCUT2D eigenvalue weighted by Gasteiger charge is 2.59. The number of aromatic nitrogens is 1. The zero-order chi connectivity index (χ0) is 24.6. The molecule has 5 rings (SSSR count). The summed E-state index contributed by atoms with van der Waals surface area (Å²) < 4.78 is 0. The summed E-state index contributed by atoms with van der Waals surface area (Å²) >= 11 is 0. The molecule has 2 N–H and O–H groups in total. The van der Waals surface area contributed by atoms with Crippen molar-refractivity contribution in [2.24, 2.45) is 0 Å². The minimum Gasteiger partial charge on any atom is -0.356 e. The number of rotatable bonds is 8. The van der Waals surface area contributed by atoms with Gasteiger partial charge in [0.05, 0.1) is 16.9 Å². The first-order chi connectivity index (χ1) is 17.0. The van der Waals surface area contributed by atoms with Crippen molar-refractivity contribution in [2.45, 2.75) is 57.9 Å². The monoisotopic (exact) mass is 472 g/mol. The van der Waals surface area contributed by atoms with Crippen molar-refractivity contribution in [3.8, 4) is 0 Å². The van der Waals surface area contributed by atoms with Crippen LogP contribution in [-0.4, -0.2) is 40.8 Å². The normalized spacial score (nSPS) is 19.3. The Kier molecular flexibility index (Phi) is 6.09. The number of fused-ring (bicyclic) bond motifs is 5. The van der Waals surface area contributed by atoms with Gasteiger partial charge in [-0.05, 0) is 43.5 Å². The van der Waals surface area contributed by atoms with Crippen LogP contribution in [0.15, 0.2) is 48.5 Å². The number of para-hydroxylation sites is 2. The second-order valence-electron chi connectivity index (χ2n) is 9.61. The SMILES string of the molecule is CCCCCCCNC(=O)c1ccccc1N1C(=O)N2CCc3c([nH]c4ccccc34)C2(C)C1=O. The van der Waals surface area contributed by atoms with Gasteiger partial charge >= 0.3 is 6.03 Å². The van der Waals surface area contributed by atoms with E-state index in [1.54, 1.807) is 36.1 Å². The molecule has 7 nitrogen and oxygen atoms in total. The summed E-state index contributed by atoms with van der Waals surface area (Å²) in [5.41, 5.74) is 2.32. The molecule has 1 saturated heterocycles. The van der Waals surface area contributed by atoms with Gasteiger partial charge in [-0.2, -0.15) is 0 Å². The Labute approximate surface area is 205 Å². The van der Waals surface area contributed by atoms with Crippen molar-refractivity contribution in [1.82, 2.24) is 15.2 Å². The minimum atomic E-state index is -1.15. The number of carbonyl (C=O) groups is 3. The minimum absolute atomic E-state index is 0.266. The van der Waals surface area contributed by atoms with E-state index in [1.165, 1.54) is 17.7 Å². The highest BCUT2D eigenvalue weighted by molar-refractivity contribution is 6.25. The van der Waals surface area contributed by atoms with E-state index in [2.05, 4.69) is 17.2 Å². The number of hydrogen-bond acceptors (Lipinski definition) is 3. The largest absolute Gasteiger partial charge is 0.356 e. The van der Waals surface area contributed by atoms with Gasteiger partial charge < -0.3 is 15.2 Å². The van der Waals surface area contributed by atoms with Gasteiger partial charge in [0.1, 0.15) is 0 Å². The summed E-state index contributed by atoms with van der Waals surface area (Å²) in [4.78, 5) is 46.9. The number of amides is 4. The van der Waals surface area contributed by atoms with E-state index in [-0.39, 0.29) is 17.8 Å². The molecule has 1 fully saturated rings. The molecule has 0 aliphatic carbocycles. The fourth-order valence-electron chi connectivity index (χ4n) is 5.49. The van der Waals surface area contributed by atoms with Crippen molar-refractivity contribution in [1.29, 1.82) is 0 Å². The standard InChI is InChI=1S/C28H32N4O3/c1-3-4-5-6-11-17-29-25(33)21-13-8-10-15-23(21)32-26(34)28(2)24-20(16-18-31(28)27(32)35)19-12-7-9-14-22(19)30-24/h7-10,12-15,30H,3-6,11,16-18H2,1-2H3,(H,29,33). The summed E-state index contributed by atoms with van der Waals surface area (Å²) in [6.07, 6.45) is 6.17. The number of nitrogens with zero attached hydrogens (tertiary/aromatic N) is 2. The van der Waals surface area contributed by atoms with Crippen LogP contribution < -0.4 is 10.2 Å². The molecule has 7 heteroatoms. The summed E-state index contributed by atoms with van der Waals surface area (Å²) in [6.45, 7) is 4.99. The number of benzene rings is 2. The van der Waals surface area contributed by atoms with Crippen LogP contribution in [0.2, 0.25) is 0 Å². The van der Waals surface area contributed by atoms with Gasteiger partial charge in [0.2, 0.25) is 0 Å². The molecular formula is C28H32N4O3. The summed E-state index contributed by atoms with van der Waals surface area (Å²) in [5, 5.41) is 4.05. The van der Waals surface area contributed by atoms with Crippen LogP contribution in [0.1, 0.15) is 67.6 Å². The Morgan fingerprint density at radius 2 is 1.77 bits per heavy atom. The Balaban J connectivity index is 1.44. The van der Waals surface area contributed by atoms with Crippen molar-refractivity contribution >= 4 is 34.4 Å². The molecule has 0 saturated carbocycles. The summed E-state index contributed by atoms with van der Waals surface area (Å²) in [5.74, 6) is -0.604. The number of H-pyrrole nitrogens is 1. The van der Waals surface area contributed by atoms with Crippen LogP contribution in [0.5, 0.6) is 0 Å². The van der Waals surface area contributed by atoms with E-state index in [4.69, 9.17) is 0 Å². The van der Waals surface area contributed by atoms with E-state index in [0.717, 1.165) is 41.4 Å². The van der Waals surface area contributed by atoms with Crippen LogP contribution in [-0.2, 0) is 16.8 Å². The predicted octanol–water partition coefficient (Wildman–Crippen LogP) is 5.11. The Morgan fingerprint density at radius 3 is 2.60 bits per heavy atom. The summed E-state index contributed by atoms with van der Waals surface area (Å²) in [6, 6.07) is 14.5. The third-order valence-electron chi connectivity index (χ3n) is 7.42. The number of hydrogen-bond donors (Lipinski definition) is 2. The Hall–Kier alpha value is -3.61. The molecule has 4 amide bonds. The molecule has 1 aromatic heterocycles. The van der Waals surface area contributed by atoms with Crippen LogP contribution >= 0.6 is 0 Å². The zero-order valence-corrected chi connectivity index (χ0v) is 20.4. The van der Waals surface area contributed by atoms with Crippen molar-refractivity contribution < 1.29 is 14.4 Å². The topological polar surface area (TPSA) is 85.5 Å². The third-order valence-corrected chi connectivity index (χ3v) is 7.42. The van der Waals surface area contributed by atoms with E-state index in [9.17, 15) is 14.4 Å². The number of urea groups is 1. The van der Waals surface area contributed by atoms with Gasteiger partial charge in [-0.1, -0.05) is 62.9 Å². The van der Waals surface area contributed by atoms with Gasteiger partial charge in [0.25, 0.3) is 11.8 Å². The lowest BCUT2D eigenvalue weighted by Gasteiger charge is -2.35. The van der Waals surface area contributed by atoms with E-state index < -0.39 is 5.54 Å². The zero-order valence-electron chi connectivity index (χ0n) is 20.4. The van der Waals surface area contributed by atoms with E-state index in [0.29, 0.717) is 30.8 Å². The fourth-order valence-corrected chi connectivity index (χ4v) is 5.49. The van der Waals surface area contributed by atoms with Gasteiger partial charge in [0.15, 0.2) is 5.54 Å². The molecule has 182 valence electrons. The molecule has 0 radical (unpaired) electrons. The maximum Gasteiger partial charge on any atom is 0.332 e. The van der Waals surface area contributed by atoms with Crippen LogP contribution in [0.3, 0.4) is 0 Å². The van der Waals surface area contributed by atoms with Crippen LogP contribution in [0.25, 0.3) is 10.9 Å². The van der Waals surface area contributed by atoms with Gasteiger partial charge in [-0.3, -0.25) is 9.59 Å². The smallest absolute Gasteiger partial charge is 0.332 e.